The van der Waals surface area contributed by atoms with Crippen LogP contribution in [0.15, 0.2) is 52.6 Å². The van der Waals surface area contributed by atoms with Crippen LogP contribution in [0.4, 0.5) is 5.95 Å². The summed E-state index contributed by atoms with van der Waals surface area (Å²) in [5, 5.41) is 4.37. The first-order chi connectivity index (χ1) is 15.9. The fraction of sp³-hybridized carbons (Fsp3) is 0.304. The van der Waals surface area contributed by atoms with Crippen LogP contribution in [-0.4, -0.2) is 38.4 Å². The van der Waals surface area contributed by atoms with E-state index in [2.05, 4.69) is 28.2 Å². The van der Waals surface area contributed by atoms with E-state index in [0.29, 0.717) is 18.7 Å². The minimum atomic E-state index is -0.559. The smallest absolute Gasteiger partial charge is 0.258 e. The van der Waals surface area contributed by atoms with E-state index in [-0.39, 0.29) is 18.1 Å². The summed E-state index contributed by atoms with van der Waals surface area (Å²) in [7, 11) is 0. The standard InChI is InChI=1S/C23H24N6O3S/c1-14(2)29-23(25-13-26-29)28-11-18-17-10-15(5-6-19(17)32-9-7-20(18)33-28)16-4-3-8-27(22(16)31)12-21(24)30/h3-6,8,10,13-14H,7,9,11-12H2,1-2H3,(H2,24,30). The van der Waals surface area contributed by atoms with Crippen molar-refractivity contribution in [3.8, 4) is 16.9 Å². The van der Waals surface area contributed by atoms with Crippen molar-refractivity contribution >= 4 is 29.4 Å². The number of pyridine rings is 1. The van der Waals surface area contributed by atoms with Gasteiger partial charge in [-0.15, -0.1) is 0 Å². The number of nitrogens with zero attached hydrogens (tertiary/aromatic N) is 5. The molecule has 0 spiro atoms. The minimum absolute atomic E-state index is 0.155. The van der Waals surface area contributed by atoms with Crippen LogP contribution in [0.5, 0.6) is 5.75 Å². The molecule has 2 aromatic heterocycles. The molecule has 0 fully saturated rings. The van der Waals surface area contributed by atoms with E-state index < -0.39 is 5.91 Å². The van der Waals surface area contributed by atoms with Crippen molar-refractivity contribution in [3.63, 3.8) is 0 Å². The van der Waals surface area contributed by atoms with E-state index in [1.807, 2.05) is 22.9 Å². The number of carbonyl (C=O) groups is 1. The SMILES string of the molecule is CC(C)n1ncnc1N1CC2=C(CCOc3ccc(-c4cccn(CC(N)=O)c4=O)cc32)S1. The topological polar surface area (TPSA) is 108 Å². The van der Waals surface area contributed by atoms with Crippen LogP contribution in [0.3, 0.4) is 0 Å². The zero-order valence-corrected chi connectivity index (χ0v) is 19.2. The third-order valence-electron chi connectivity index (χ3n) is 5.67. The van der Waals surface area contributed by atoms with Crippen molar-refractivity contribution in [2.45, 2.75) is 32.9 Å². The molecule has 2 aliphatic rings. The molecule has 0 aliphatic carbocycles. The first kappa shape index (κ1) is 21.3. The van der Waals surface area contributed by atoms with Crippen LogP contribution in [0.1, 0.15) is 31.9 Å². The predicted octanol–water partition coefficient (Wildman–Crippen LogP) is 2.83. The molecule has 0 atom stereocenters. The molecule has 0 saturated carbocycles. The Morgan fingerprint density at radius 3 is 2.91 bits per heavy atom. The zero-order valence-electron chi connectivity index (χ0n) is 18.4. The molecular formula is C23H24N6O3S. The maximum atomic E-state index is 13.0. The van der Waals surface area contributed by atoms with Crippen LogP contribution in [0.25, 0.3) is 16.7 Å². The Balaban J connectivity index is 1.53. The molecule has 170 valence electrons. The Bertz CT molecular complexity index is 1330. The zero-order chi connectivity index (χ0) is 23.1. The van der Waals surface area contributed by atoms with E-state index in [0.717, 1.165) is 29.2 Å². The second kappa shape index (κ2) is 8.43. The second-order valence-electron chi connectivity index (χ2n) is 8.26. The van der Waals surface area contributed by atoms with E-state index in [9.17, 15) is 9.59 Å². The Hall–Kier alpha value is -3.53. The van der Waals surface area contributed by atoms with Gasteiger partial charge in [-0.2, -0.15) is 10.1 Å². The number of rotatable bonds is 5. The minimum Gasteiger partial charge on any atom is -0.493 e. The number of carbonyl (C=O) groups excluding carboxylic acids is 1. The van der Waals surface area contributed by atoms with Gasteiger partial charge in [0.2, 0.25) is 11.9 Å². The summed E-state index contributed by atoms with van der Waals surface area (Å²) >= 11 is 1.67. The summed E-state index contributed by atoms with van der Waals surface area (Å²) in [6.45, 7) is 5.25. The molecule has 2 aliphatic heterocycles. The predicted molar refractivity (Wildman–Crippen MR) is 128 cm³/mol. The highest BCUT2D eigenvalue weighted by Crippen LogP contribution is 2.46. The number of hydrogen-bond acceptors (Lipinski definition) is 7. The van der Waals surface area contributed by atoms with Crippen molar-refractivity contribution < 1.29 is 9.53 Å². The van der Waals surface area contributed by atoms with Gasteiger partial charge in [0.1, 0.15) is 18.6 Å². The van der Waals surface area contributed by atoms with Gasteiger partial charge >= 0.3 is 0 Å². The van der Waals surface area contributed by atoms with Crippen LogP contribution < -0.4 is 20.3 Å². The second-order valence-corrected chi connectivity index (χ2v) is 9.37. The summed E-state index contributed by atoms with van der Waals surface area (Å²) in [4.78, 5) is 30.0. The molecule has 3 aromatic rings. The number of nitrogens with two attached hydrogens (primary N) is 1. The lowest BCUT2D eigenvalue weighted by molar-refractivity contribution is -0.118. The van der Waals surface area contributed by atoms with E-state index in [1.54, 1.807) is 36.6 Å². The van der Waals surface area contributed by atoms with Crippen molar-refractivity contribution in [1.29, 1.82) is 0 Å². The third kappa shape index (κ3) is 3.91. The molecule has 2 N–H and O–H groups in total. The average Bonchev–Trinajstić information content (AvgIpc) is 3.39. The molecule has 1 amide bonds. The molecule has 4 heterocycles. The van der Waals surface area contributed by atoms with Crippen molar-refractivity contribution in [2.75, 3.05) is 17.5 Å². The highest BCUT2D eigenvalue weighted by Gasteiger charge is 2.31. The van der Waals surface area contributed by atoms with Crippen LogP contribution >= 0.6 is 11.9 Å². The summed E-state index contributed by atoms with van der Waals surface area (Å²) in [6.07, 6.45) is 3.95. The van der Waals surface area contributed by atoms with Gasteiger partial charge in [0.15, 0.2) is 0 Å². The molecule has 0 saturated heterocycles. The average molecular weight is 465 g/mol. The first-order valence-electron chi connectivity index (χ1n) is 10.7. The molecule has 0 unspecified atom stereocenters. The van der Waals surface area contributed by atoms with Gasteiger partial charge in [0.25, 0.3) is 5.56 Å². The van der Waals surface area contributed by atoms with Crippen molar-refractivity contribution in [1.82, 2.24) is 19.3 Å². The van der Waals surface area contributed by atoms with Gasteiger partial charge < -0.3 is 15.0 Å². The van der Waals surface area contributed by atoms with Crippen LogP contribution in [0, 0.1) is 0 Å². The fourth-order valence-electron chi connectivity index (χ4n) is 4.14. The number of aromatic nitrogens is 4. The van der Waals surface area contributed by atoms with Crippen LogP contribution in [0.2, 0.25) is 0 Å². The first-order valence-corrected chi connectivity index (χ1v) is 11.5. The molecule has 0 radical (unpaired) electrons. The molecule has 5 rings (SSSR count). The third-order valence-corrected chi connectivity index (χ3v) is 6.86. The largest absolute Gasteiger partial charge is 0.493 e. The molecule has 1 aromatic carbocycles. The monoisotopic (exact) mass is 464 g/mol. The van der Waals surface area contributed by atoms with E-state index in [1.165, 1.54) is 15.0 Å². The van der Waals surface area contributed by atoms with E-state index >= 15 is 0 Å². The molecule has 9 nitrogen and oxygen atoms in total. The normalized spacial score (nSPS) is 15.3. The van der Waals surface area contributed by atoms with Crippen LogP contribution in [-0.2, 0) is 11.3 Å². The molecule has 33 heavy (non-hydrogen) atoms. The maximum Gasteiger partial charge on any atom is 0.258 e. The summed E-state index contributed by atoms with van der Waals surface area (Å²) in [5.74, 6) is 1.06. The van der Waals surface area contributed by atoms with Gasteiger partial charge in [-0.1, -0.05) is 6.07 Å². The molecule has 0 bridgehead atoms. The lowest BCUT2D eigenvalue weighted by Gasteiger charge is -2.20. The number of fused-ring (bicyclic) bond motifs is 2. The van der Waals surface area contributed by atoms with Crippen molar-refractivity contribution in [3.05, 3.63) is 63.7 Å². The number of ether oxygens (including phenoxy) is 1. The van der Waals surface area contributed by atoms with Gasteiger partial charge in [0.05, 0.1) is 19.2 Å². The lowest BCUT2D eigenvalue weighted by atomic mass is 9.98. The summed E-state index contributed by atoms with van der Waals surface area (Å²) < 4.78 is 11.4. The summed E-state index contributed by atoms with van der Waals surface area (Å²) in [5.41, 5.74) is 8.45. The Morgan fingerprint density at radius 1 is 1.27 bits per heavy atom. The van der Waals surface area contributed by atoms with Gasteiger partial charge in [-0.05, 0) is 61.2 Å². The highest BCUT2D eigenvalue weighted by atomic mass is 32.2. The molecule has 10 heteroatoms. The number of primary amides is 1. The number of hydrogen-bond donors (Lipinski definition) is 1. The Labute approximate surface area is 195 Å². The Kier molecular flexibility index (Phi) is 5.45. The quantitative estimate of drug-likeness (QED) is 0.579. The fourth-order valence-corrected chi connectivity index (χ4v) is 5.28. The van der Waals surface area contributed by atoms with Gasteiger partial charge in [-0.3, -0.25) is 13.9 Å². The highest BCUT2D eigenvalue weighted by molar-refractivity contribution is 8.04. The maximum absolute atomic E-state index is 13.0. The number of benzene rings is 1. The summed E-state index contributed by atoms with van der Waals surface area (Å²) in [6, 6.07) is 9.50. The van der Waals surface area contributed by atoms with E-state index in [4.69, 9.17) is 10.5 Å². The lowest BCUT2D eigenvalue weighted by Crippen LogP contribution is -2.28. The van der Waals surface area contributed by atoms with Crippen molar-refractivity contribution in [2.24, 2.45) is 5.73 Å². The van der Waals surface area contributed by atoms with Gasteiger partial charge in [0, 0.05) is 28.6 Å². The Morgan fingerprint density at radius 2 is 2.12 bits per heavy atom. The van der Waals surface area contributed by atoms with Gasteiger partial charge in [-0.25, -0.2) is 4.68 Å². The number of amides is 1. The molecular weight excluding hydrogens is 440 g/mol. The number of anilines is 1.